The zero-order valence-electron chi connectivity index (χ0n) is 8.44. The molecule has 0 aliphatic carbocycles. The molecule has 0 saturated carbocycles. The minimum Gasteiger partial charge on any atom is -0.449 e. The van der Waals surface area contributed by atoms with Gasteiger partial charge in [-0.05, 0) is 19.4 Å². The first-order valence-electron chi connectivity index (χ1n) is 5.05. The second-order valence-electron chi connectivity index (χ2n) is 3.89. The standard InChI is InChI=1S/C10H16N2O2/c1-8-11-9(7-14-8)5-12-4-2-3-10(13)6-12/h7,10,13H,2-6H2,1H3/t10-/m0/s1. The van der Waals surface area contributed by atoms with Gasteiger partial charge in [0.1, 0.15) is 6.26 Å². The van der Waals surface area contributed by atoms with Crippen LogP contribution in [0.25, 0.3) is 0 Å². The van der Waals surface area contributed by atoms with Crippen molar-refractivity contribution in [3.8, 4) is 0 Å². The predicted octanol–water partition coefficient (Wildman–Crippen LogP) is 0.940. The first-order valence-corrected chi connectivity index (χ1v) is 5.05. The van der Waals surface area contributed by atoms with E-state index >= 15 is 0 Å². The Labute approximate surface area is 83.5 Å². The largest absolute Gasteiger partial charge is 0.449 e. The Bertz CT molecular complexity index is 298. The van der Waals surface area contributed by atoms with E-state index in [2.05, 4.69) is 9.88 Å². The highest BCUT2D eigenvalue weighted by molar-refractivity contribution is 4.95. The van der Waals surface area contributed by atoms with Crippen LogP contribution in [0, 0.1) is 6.92 Å². The number of aliphatic hydroxyl groups is 1. The van der Waals surface area contributed by atoms with Crippen LogP contribution in [0.1, 0.15) is 24.4 Å². The van der Waals surface area contributed by atoms with E-state index in [4.69, 9.17) is 4.42 Å². The third kappa shape index (κ3) is 2.33. The van der Waals surface area contributed by atoms with Gasteiger partial charge in [-0.1, -0.05) is 0 Å². The van der Waals surface area contributed by atoms with Crippen LogP contribution in [-0.4, -0.2) is 34.2 Å². The lowest BCUT2D eigenvalue weighted by Crippen LogP contribution is -2.37. The zero-order valence-corrected chi connectivity index (χ0v) is 8.44. The van der Waals surface area contributed by atoms with Crippen LogP contribution in [0.4, 0.5) is 0 Å². The van der Waals surface area contributed by atoms with Crippen molar-refractivity contribution in [1.29, 1.82) is 0 Å². The summed E-state index contributed by atoms with van der Waals surface area (Å²) in [5.74, 6) is 0.706. The van der Waals surface area contributed by atoms with E-state index in [1.165, 1.54) is 0 Å². The van der Waals surface area contributed by atoms with Crippen molar-refractivity contribution in [2.24, 2.45) is 0 Å². The van der Waals surface area contributed by atoms with Gasteiger partial charge >= 0.3 is 0 Å². The van der Waals surface area contributed by atoms with Gasteiger partial charge in [-0.3, -0.25) is 4.90 Å². The average molecular weight is 196 g/mol. The summed E-state index contributed by atoms with van der Waals surface area (Å²) in [5.41, 5.74) is 0.955. The van der Waals surface area contributed by atoms with Crippen LogP contribution < -0.4 is 0 Å². The van der Waals surface area contributed by atoms with E-state index in [1.54, 1.807) is 6.26 Å². The summed E-state index contributed by atoms with van der Waals surface area (Å²) in [4.78, 5) is 6.45. The van der Waals surface area contributed by atoms with Gasteiger partial charge in [0.05, 0.1) is 11.8 Å². The van der Waals surface area contributed by atoms with Crippen molar-refractivity contribution in [3.63, 3.8) is 0 Å². The molecule has 1 fully saturated rings. The first kappa shape index (κ1) is 9.68. The summed E-state index contributed by atoms with van der Waals surface area (Å²) >= 11 is 0. The molecule has 0 aromatic carbocycles. The highest BCUT2D eigenvalue weighted by Gasteiger charge is 2.18. The topological polar surface area (TPSA) is 49.5 Å². The van der Waals surface area contributed by atoms with Gasteiger partial charge in [0.15, 0.2) is 5.89 Å². The van der Waals surface area contributed by atoms with Crippen molar-refractivity contribution in [2.75, 3.05) is 13.1 Å². The van der Waals surface area contributed by atoms with Crippen molar-refractivity contribution in [1.82, 2.24) is 9.88 Å². The zero-order chi connectivity index (χ0) is 9.97. The predicted molar refractivity (Wildman–Crippen MR) is 51.8 cm³/mol. The SMILES string of the molecule is Cc1nc(CN2CCC[C@H](O)C2)co1. The Hall–Kier alpha value is -0.870. The summed E-state index contributed by atoms with van der Waals surface area (Å²) in [5, 5.41) is 9.48. The molecule has 1 aliphatic heterocycles. The van der Waals surface area contributed by atoms with Crippen molar-refractivity contribution >= 4 is 0 Å². The maximum atomic E-state index is 9.48. The van der Waals surface area contributed by atoms with Gasteiger partial charge in [-0.15, -0.1) is 0 Å². The lowest BCUT2D eigenvalue weighted by molar-refractivity contribution is 0.0662. The number of nitrogens with zero attached hydrogens (tertiary/aromatic N) is 2. The molecule has 1 atom stereocenters. The smallest absolute Gasteiger partial charge is 0.191 e. The highest BCUT2D eigenvalue weighted by Crippen LogP contribution is 2.13. The lowest BCUT2D eigenvalue weighted by atomic mass is 10.1. The quantitative estimate of drug-likeness (QED) is 0.764. The van der Waals surface area contributed by atoms with E-state index < -0.39 is 0 Å². The normalized spacial score (nSPS) is 24.0. The molecule has 1 aromatic rings. The lowest BCUT2D eigenvalue weighted by Gasteiger charge is -2.29. The molecule has 0 amide bonds. The van der Waals surface area contributed by atoms with E-state index in [1.807, 2.05) is 6.92 Å². The summed E-state index contributed by atoms with van der Waals surface area (Å²) in [7, 11) is 0. The van der Waals surface area contributed by atoms with E-state index in [0.29, 0.717) is 5.89 Å². The Balaban J connectivity index is 1.90. The third-order valence-electron chi connectivity index (χ3n) is 2.53. The number of oxazole rings is 1. The minimum absolute atomic E-state index is 0.170. The number of hydrogen-bond acceptors (Lipinski definition) is 4. The Morgan fingerprint density at radius 1 is 1.71 bits per heavy atom. The molecule has 0 unspecified atom stereocenters. The number of β-amino-alcohol motifs (C(OH)–C–C–N with tert-alkyl or cyclic N) is 1. The average Bonchev–Trinajstić information content (AvgIpc) is 2.51. The molecule has 4 nitrogen and oxygen atoms in total. The third-order valence-corrected chi connectivity index (χ3v) is 2.53. The maximum Gasteiger partial charge on any atom is 0.191 e. The number of likely N-dealkylation sites (tertiary alicyclic amines) is 1. The second kappa shape index (κ2) is 4.11. The van der Waals surface area contributed by atoms with Gasteiger partial charge in [-0.25, -0.2) is 4.98 Å². The van der Waals surface area contributed by atoms with Crippen LogP contribution in [0.3, 0.4) is 0 Å². The highest BCUT2D eigenvalue weighted by atomic mass is 16.3. The van der Waals surface area contributed by atoms with Gasteiger partial charge in [0.25, 0.3) is 0 Å². The molecule has 1 aromatic heterocycles. The van der Waals surface area contributed by atoms with Gasteiger partial charge in [0.2, 0.25) is 0 Å². The van der Waals surface area contributed by atoms with Crippen LogP contribution in [-0.2, 0) is 6.54 Å². The Kier molecular flexibility index (Phi) is 2.84. The fraction of sp³-hybridized carbons (Fsp3) is 0.700. The summed E-state index contributed by atoms with van der Waals surface area (Å²) in [6, 6.07) is 0. The molecule has 4 heteroatoms. The number of aliphatic hydroxyl groups excluding tert-OH is 1. The van der Waals surface area contributed by atoms with Crippen molar-refractivity contribution in [2.45, 2.75) is 32.4 Å². The molecule has 0 radical (unpaired) electrons. The molecule has 78 valence electrons. The van der Waals surface area contributed by atoms with E-state index in [-0.39, 0.29) is 6.10 Å². The fourth-order valence-electron chi connectivity index (χ4n) is 1.88. The fourth-order valence-corrected chi connectivity index (χ4v) is 1.88. The van der Waals surface area contributed by atoms with Crippen molar-refractivity contribution < 1.29 is 9.52 Å². The molecule has 1 saturated heterocycles. The molecule has 2 heterocycles. The number of piperidine rings is 1. The van der Waals surface area contributed by atoms with Gasteiger partial charge in [-0.2, -0.15) is 0 Å². The van der Waals surface area contributed by atoms with E-state index in [9.17, 15) is 5.11 Å². The molecule has 2 rings (SSSR count). The van der Waals surface area contributed by atoms with E-state index in [0.717, 1.165) is 38.2 Å². The van der Waals surface area contributed by atoms with Crippen LogP contribution in [0.15, 0.2) is 10.7 Å². The van der Waals surface area contributed by atoms with Crippen LogP contribution in [0.5, 0.6) is 0 Å². The molecule has 14 heavy (non-hydrogen) atoms. The molecular weight excluding hydrogens is 180 g/mol. The second-order valence-corrected chi connectivity index (χ2v) is 3.89. The first-order chi connectivity index (χ1) is 6.74. The summed E-state index contributed by atoms with van der Waals surface area (Å²) in [6.07, 6.45) is 3.51. The molecule has 0 spiro atoms. The number of aromatic nitrogens is 1. The summed E-state index contributed by atoms with van der Waals surface area (Å²) in [6.45, 7) is 4.43. The Morgan fingerprint density at radius 2 is 2.57 bits per heavy atom. The van der Waals surface area contributed by atoms with Crippen LogP contribution in [0.2, 0.25) is 0 Å². The van der Waals surface area contributed by atoms with Gasteiger partial charge < -0.3 is 9.52 Å². The van der Waals surface area contributed by atoms with Crippen molar-refractivity contribution in [3.05, 3.63) is 17.8 Å². The van der Waals surface area contributed by atoms with Gasteiger partial charge in [0, 0.05) is 20.0 Å². The number of hydrogen-bond donors (Lipinski definition) is 1. The molecule has 0 bridgehead atoms. The number of aryl methyl sites for hydroxylation is 1. The molecule has 1 N–H and O–H groups in total. The number of rotatable bonds is 2. The Morgan fingerprint density at radius 3 is 3.21 bits per heavy atom. The summed E-state index contributed by atoms with van der Waals surface area (Å²) < 4.78 is 5.13. The minimum atomic E-state index is -0.170. The maximum absolute atomic E-state index is 9.48. The monoisotopic (exact) mass is 196 g/mol. The van der Waals surface area contributed by atoms with Crippen LogP contribution >= 0.6 is 0 Å². The molecular formula is C10H16N2O2. The molecule has 1 aliphatic rings.